The molecular weight excluding hydrogens is 358 g/mol. The van der Waals surface area contributed by atoms with Gasteiger partial charge in [-0.25, -0.2) is 0 Å². The van der Waals surface area contributed by atoms with Crippen molar-refractivity contribution in [2.45, 2.75) is 128 Å². The summed E-state index contributed by atoms with van der Waals surface area (Å²) >= 11 is 0. The van der Waals surface area contributed by atoms with Crippen LogP contribution in [0.3, 0.4) is 0 Å². The molecule has 0 radical (unpaired) electrons. The van der Waals surface area contributed by atoms with Crippen molar-refractivity contribution in [2.24, 2.45) is 0 Å². The minimum absolute atomic E-state index is 0.00282. The van der Waals surface area contributed by atoms with E-state index in [9.17, 15) is 5.11 Å². The van der Waals surface area contributed by atoms with Gasteiger partial charge in [0.25, 0.3) is 0 Å². The Morgan fingerprint density at radius 1 is 0.964 bits per heavy atom. The second kappa shape index (κ2) is 12.1. The van der Waals surface area contributed by atoms with E-state index >= 15 is 0 Å². The lowest BCUT2D eigenvalue weighted by molar-refractivity contribution is -0.242. The fourth-order valence-electron chi connectivity index (χ4n) is 4.03. The molecule has 6 heteroatoms. The second-order valence-corrected chi connectivity index (χ2v) is 8.52. The van der Waals surface area contributed by atoms with Crippen LogP contribution in [-0.2, 0) is 18.9 Å². The third-order valence-corrected chi connectivity index (χ3v) is 5.51. The van der Waals surface area contributed by atoms with Crippen LogP contribution in [0, 0.1) is 11.3 Å². The number of hydrogen-bond acceptors (Lipinski definition) is 6. The van der Waals surface area contributed by atoms with Crippen molar-refractivity contribution in [3.05, 3.63) is 0 Å². The van der Waals surface area contributed by atoms with Gasteiger partial charge in [-0.3, -0.25) is 0 Å². The molecule has 2 rings (SSSR count). The van der Waals surface area contributed by atoms with E-state index in [1.807, 2.05) is 19.9 Å². The van der Waals surface area contributed by atoms with E-state index < -0.39 is 30.4 Å². The fraction of sp³-hybridized carbons (Fsp3) is 0.955. The molecule has 2 aliphatic heterocycles. The van der Waals surface area contributed by atoms with Crippen LogP contribution in [0.15, 0.2) is 0 Å². The molecule has 6 nitrogen and oxygen atoms in total. The lowest BCUT2D eigenvalue weighted by Gasteiger charge is -2.25. The number of nitrogens with zero attached hydrogens (tertiary/aromatic N) is 1. The molecule has 0 amide bonds. The third-order valence-electron chi connectivity index (χ3n) is 5.51. The minimum atomic E-state index is -0.902. The summed E-state index contributed by atoms with van der Waals surface area (Å²) in [5, 5.41) is 19.1. The molecule has 2 saturated heterocycles. The molecule has 0 aromatic heterocycles. The molecule has 162 valence electrons. The van der Waals surface area contributed by atoms with E-state index in [2.05, 4.69) is 6.92 Å². The van der Waals surface area contributed by atoms with Crippen molar-refractivity contribution in [1.82, 2.24) is 0 Å². The van der Waals surface area contributed by atoms with Gasteiger partial charge in [-0.05, 0) is 20.3 Å². The minimum Gasteiger partial charge on any atom is -0.389 e. The maximum Gasteiger partial charge on any atom is 0.187 e. The number of nitriles is 1. The van der Waals surface area contributed by atoms with Crippen molar-refractivity contribution in [3.63, 3.8) is 0 Å². The van der Waals surface area contributed by atoms with E-state index in [-0.39, 0.29) is 12.5 Å². The Labute approximate surface area is 170 Å². The first-order valence-electron chi connectivity index (χ1n) is 11.2. The largest absolute Gasteiger partial charge is 0.389 e. The van der Waals surface area contributed by atoms with E-state index in [0.29, 0.717) is 6.61 Å². The third kappa shape index (κ3) is 7.27. The maximum absolute atomic E-state index is 10.2. The SMILES string of the molecule is CCCCCCCCCCCCO[C@H]1O[C@H]([C@H](O)CC#N)[C@@H]2OC(C)(C)O[C@H]12. The molecular formula is C22H39NO5. The quantitative estimate of drug-likeness (QED) is 0.436. The monoisotopic (exact) mass is 397 g/mol. The van der Waals surface area contributed by atoms with Gasteiger partial charge in [0.1, 0.15) is 18.3 Å². The van der Waals surface area contributed by atoms with Crippen LogP contribution in [0.4, 0.5) is 0 Å². The Morgan fingerprint density at radius 3 is 2.14 bits per heavy atom. The smallest absolute Gasteiger partial charge is 0.187 e. The van der Waals surface area contributed by atoms with Crippen LogP contribution < -0.4 is 0 Å². The van der Waals surface area contributed by atoms with Gasteiger partial charge in [-0.1, -0.05) is 64.7 Å². The van der Waals surface area contributed by atoms with Gasteiger partial charge in [0.15, 0.2) is 12.1 Å². The highest BCUT2D eigenvalue weighted by Gasteiger charge is 2.57. The van der Waals surface area contributed by atoms with E-state index in [1.165, 1.54) is 51.4 Å². The highest BCUT2D eigenvalue weighted by molar-refractivity contribution is 4.99. The van der Waals surface area contributed by atoms with Gasteiger partial charge >= 0.3 is 0 Å². The van der Waals surface area contributed by atoms with Gasteiger partial charge in [0.05, 0.1) is 18.6 Å². The summed E-state index contributed by atoms with van der Waals surface area (Å²) in [5.74, 6) is -0.734. The summed E-state index contributed by atoms with van der Waals surface area (Å²) in [6, 6.07) is 1.98. The first-order valence-corrected chi connectivity index (χ1v) is 11.2. The van der Waals surface area contributed by atoms with Gasteiger partial charge in [0.2, 0.25) is 0 Å². The number of hydrogen-bond donors (Lipinski definition) is 1. The van der Waals surface area contributed by atoms with Crippen LogP contribution in [0.5, 0.6) is 0 Å². The predicted molar refractivity (Wildman–Crippen MR) is 107 cm³/mol. The molecule has 2 aliphatic rings. The number of fused-ring (bicyclic) bond motifs is 1. The molecule has 0 spiro atoms. The zero-order valence-corrected chi connectivity index (χ0v) is 17.9. The maximum atomic E-state index is 10.2. The first-order chi connectivity index (χ1) is 13.5. The van der Waals surface area contributed by atoms with Crippen LogP contribution >= 0.6 is 0 Å². The van der Waals surface area contributed by atoms with Crippen LogP contribution in [0.1, 0.15) is 91.4 Å². The Hall–Kier alpha value is -0.710. The summed E-state index contributed by atoms with van der Waals surface area (Å²) in [5.41, 5.74) is 0. The van der Waals surface area contributed by atoms with Crippen LogP contribution in [0.25, 0.3) is 0 Å². The predicted octanol–water partition coefficient (Wildman–Crippen LogP) is 4.44. The lowest BCUT2D eigenvalue weighted by Crippen LogP contribution is -2.38. The molecule has 0 saturated carbocycles. The molecule has 1 N–H and O–H groups in total. The van der Waals surface area contributed by atoms with Crippen molar-refractivity contribution < 1.29 is 24.1 Å². The normalized spacial score (nSPS) is 29.5. The number of unbranched alkanes of at least 4 members (excludes halogenated alkanes) is 9. The Morgan fingerprint density at radius 2 is 1.54 bits per heavy atom. The Bertz CT molecular complexity index is 478. The Kier molecular flexibility index (Phi) is 10.2. The average molecular weight is 398 g/mol. The molecule has 5 atom stereocenters. The number of rotatable bonds is 14. The summed E-state index contributed by atoms with van der Waals surface area (Å²) < 4.78 is 23.6. The molecule has 0 aliphatic carbocycles. The van der Waals surface area contributed by atoms with Crippen LogP contribution in [-0.4, -0.2) is 48.2 Å². The zero-order valence-electron chi connectivity index (χ0n) is 17.9. The van der Waals surface area contributed by atoms with Gasteiger partial charge in [-0.2, -0.15) is 5.26 Å². The summed E-state index contributed by atoms with van der Waals surface area (Å²) in [4.78, 5) is 0. The number of aliphatic hydroxyl groups excluding tert-OH is 1. The number of ether oxygens (including phenoxy) is 4. The summed E-state index contributed by atoms with van der Waals surface area (Å²) in [7, 11) is 0. The Balaban J connectivity index is 1.62. The average Bonchev–Trinajstić information content (AvgIpc) is 3.13. The van der Waals surface area contributed by atoms with E-state index in [4.69, 9.17) is 24.2 Å². The molecule has 0 unspecified atom stereocenters. The van der Waals surface area contributed by atoms with Crippen molar-refractivity contribution in [2.75, 3.05) is 6.61 Å². The molecule has 2 heterocycles. The topological polar surface area (TPSA) is 80.9 Å². The second-order valence-electron chi connectivity index (χ2n) is 8.52. The van der Waals surface area contributed by atoms with Gasteiger partial charge in [-0.15, -0.1) is 0 Å². The first kappa shape index (κ1) is 23.6. The van der Waals surface area contributed by atoms with Crippen molar-refractivity contribution in [1.29, 1.82) is 5.26 Å². The molecule has 0 aromatic rings. The van der Waals surface area contributed by atoms with Gasteiger partial charge < -0.3 is 24.1 Å². The van der Waals surface area contributed by atoms with Crippen molar-refractivity contribution >= 4 is 0 Å². The zero-order chi connectivity index (χ0) is 20.4. The lowest BCUT2D eigenvalue weighted by atomic mass is 10.0. The standard InChI is InChI=1S/C22H39NO5/c1-4-5-6-7-8-9-10-11-12-13-16-25-21-20-19(27-22(2,3)28-20)18(26-21)17(24)14-15-23/h17-21,24H,4-14,16H2,1-3H3/t17-,18-,19+,20+,21+/m1/s1. The molecule has 0 aromatic carbocycles. The molecule has 0 bridgehead atoms. The van der Waals surface area contributed by atoms with Crippen molar-refractivity contribution in [3.8, 4) is 6.07 Å². The molecule has 28 heavy (non-hydrogen) atoms. The summed E-state index contributed by atoms with van der Waals surface area (Å²) in [6.07, 6.45) is 9.97. The summed E-state index contributed by atoms with van der Waals surface area (Å²) in [6.45, 7) is 6.55. The highest BCUT2D eigenvalue weighted by Crippen LogP contribution is 2.40. The van der Waals surface area contributed by atoms with Crippen LogP contribution in [0.2, 0.25) is 0 Å². The van der Waals surface area contributed by atoms with Gasteiger partial charge in [0, 0.05) is 6.61 Å². The fourth-order valence-corrected chi connectivity index (χ4v) is 4.03. The highest BCUT2D eigenvalue weighted by atomic mass is 16.8. The van der Waals surface area contributed by atoms with E-state index in [0.717, 1.165) is 12.8 Å². The van der Waals surface area contributed by atoms with E-state index in [1.54, 1.807) is 0 Å². The number of aliphatic hydroxyl groups is 1. The molecule has 2 fully saturated rings.